The number of aliphatic hydroxyl groups is 1. The van der Waals surface area contributed by atoms with E-state index >= 15 is 0 Å². The van der Waals surface area contributed by atoms with Gasteiger partial charge in [0.05, 0.1) is 0 Å². The van der Waals surface area contributed by atoms with Gasteiger partial charge in [0.25, 0.3) is 0 Å². The van der Waals surface area contributed by atoms with Crippen LogP contribution < -0.4 is 0 Å². The molecule has 0 aliphatic carbocycles. The van der Waals surface area contributed by atoms with Crippen LogP contribution in [-0.2, 0) is 12.8 Å². The van der Waals surface area contributed by atoms with Gasteiger partial charge in [-0.3, -0.25) is 0 Å². The number of aryl methyl sites for hydroxylation is 2. The molecule has 0 aliphatic heterocycles. The molecule has 2 rings (SSSR count). The number of hydrogen-bond donors (Lipinski definition) is 1. The molecule has 20 heavy (non-hydrogen) atoms. The van der Waals surface area contributed by atoms with Gasteiger partial charge < -0.3 is 5.11 Å². The van der Waals surface area contributed by atoms with Crippen molar-refractivity contribution in [3.05, 3.63) is 64.7 Å². The van der Waals surface area contributed by atoms with Crippen molar-refractivity contribution in [1.29, 1.82) is 0 Å². The maximum absolute atomic E-state index is 10.7. The Bertz CT molecular complexity index is 560. The molecule has 0 saturated heterocycles. The van der Waals surface area contributed by atoms with Gasteiger partial charge in [-0.15, -0.1) is 11.8 Å². The molecule has 2 aromatic carbocycles. The number of aliphatic hydroxyl groups excluding tert-OH is 1. The summed E-state index contributed by atoms with van der Waals surface area (Å²) in [6, 6.07) is 14.6. The molecule has 0 aromatic heterocycles. The fourth-order valence-corrected chi connectivity index (χ4v) is 2.81. The molecule has 1 nitrogen and oxygen atoms in total. The number of benzene rings is 2. The first-order valence-corrected chi connectivity index (χ1v) is 8.35. The first-order chi connectivity index (χ1) is 9.69. The highest BCUT2D eigenvalue weighted by Gasteiger charge is 2.14. The largest absolute Gasteiger partial charge is 0.384 e. The fraction of sp³-hybridized carbons (Fsp3) is 0.333. The molecule has 0 saturated carbocycles. The molecule has 1 N–H and O–H groups in total. The van der Waals surface area contributed by atoms with E-state index in [-0.39, 0.29) is 0 Å². The van der Waals surface area contributed by atoms with Gasteiger partial charge in [-0.1, -0.05) is 44.2 Å². The van der Waals surface area contributed by atoms with Gasteiger partial charge in [0.15, 0.2) is 0 Å². The van der Waals surface area contributed by atoms with Crippen molar-refractivity contribution in [1.82, 2.24) is 0 Å². The van der Waals surface area contributed by atoms with Crippen LogP contribution in [0.4, 0.5) is 0 Å². The molecular weight excluding hydrogens is 264 g/mol. The maximum atomic E-state index is 10.7. The van der Waals surface area contributed by atoms with E-state index in [0.29, 0.717) is 0 Å². The standard InChI is InChI=1S/C18H22OS/c1-4-13-6-7-14(5-2)17(12-13)18(19)15-8-10-16(20-3)11-9-15/h6-12,18-19H,4-5H2,1-3H3. The van der Waals surface area contributed by atoms with Crippen LogP contribution in [0.3, 0.4) is 0 Å². The van der Waals surface area contributed by atoms with Crippen molar-refractivity contribution < 1.29 is 5.11 Å². The Morgan fingerprint density at radius 3 is 2.25 bits per heavy atom. The Kier molecular flexibility index (Phi) is 5.27. The first kappa shape index (κ1) is 15.1. The summed E-state index contributed by atoms with van der Waals surface area (Å²) in [7, 11) is 0. The number of hydrogen-bond acceptors (Lipinski definition) is 2. The molecule has 0 fully saturated rings. The third kappa shape index (κ3) is 3.25. The van der Waals surface area contributed by atoms with Gasteiger partial charge in [-0.05, 0) is 53.5 Å². The Hall–Kier alpha value is -1.25. The van der Waals surface area contributed by atoms with Crippen LogP contribution in [0.5, 0.6) is 0 Å². The summed E-state index contributed by atoms with van der Waals surface area (Å²) in [5.74, 6) is 0. The fourth-order valence-electron chi connectivity index (χ4n) is 2.41. The van der Waals surface area contributed by atoms with Crippen LogP contribution >= 0.6 is 11.8 Å². The molecule has 0 bridgehead atoms. The van der Waals surface area contributed by atoms with Crippen molar-refractivity contribution in [3.63, 3.8) is 0 Å². The third-order valence-corrected chi connectivity index (χ3v) is 4.47. The van der Waals surface area contributed by atoms with E-state index in [1.54, 1.807) is 11.8 Å². The van der Waals surface area contributed by atoms with Gasteiger partial charge in [-0.25, -0.2) is 0 Å². The van der Waals surface area contributed by atoms with Gasteiger partial charge in [0, 0.05) is 4.90 Å². The minimum absolute atomic E-state index is 0.535. The second-order valence-corrected chi connectivity index (χ2v) is 5.80. The van der Waals surface area contributed by atoms with E-state index in [2.05, 4.69) is 50.4 Å². The van der Waals surface area contributed by atoms with Crippen LogP contribution in [0.25, 0.3) is 0 Å². The second kappa shape index (κ2) is 6.96. The Morgan fingerprint density at radius 1 is 1.00 bits per heavy atom. The smallest absolute Gasteiger partial charge is 0.104 e. The minimum Gasteiger partial charge on any atom is -0.384 e. The summed E-state index contributed by atoms with van der Waals surface area (Å²) in [6.45, 7) is 4.28. The average Bonchev–Trinajstić information content (AvgIpc) is 2.53. The van der Waals surface area contributed by atoms with Crippen LogP contribution in [0.15, 0.2) is 47.4 Å². The predicted molar refractivity (Wildman–Crippen MR) is 87.5 cm³/mol. The summed E-state index contributed by atoms with van der Waals surface area (Å²) >= 11 is 1.72. The zero-order chi connectivity index (χ0) is 14.5. The molecule has 0 aliphatic rings. The van der Waals surface area contributed by atoms with Gasteiger partial charge in [0.2, 0.25) is 0 Å². The molecule has 0 amide bonds. The lowest BCUT2D eigenvalue weighted by molar-refractivity contribution is 0.219. The SMILES string of the molecule is CCc1ccc(CC)c(C(O)c2ccc(SC)cc2)c1. The lowest BCUT2D eigenvalue weighted by Crippen LogP contribution is -2.04. The van der Waals surface area contributed by atoms with E-state index in [4.69, 9.17) is 0 Å². The van der Waals surface area contributed by atoms with Crippen molar-refractivity contribution in [2.75, 3.05) is 6.26 Å². The summed E-state index contributed by atoms with van der Waals surface area (Å²) in [5.41, 5.74) is 4.51. The normalized spacial score (nSPS) is 12.4. The van der Waals surface area contributed by atoms with Crippen molar-refractivity contribution in [2.45, 2.75) is 37.7 Å². The summed E-state index contributed by atoms with van der Waals surface area (Å²) < 4.78 is 0. The zero-order valence-corrected chi connectivity index (χ0v) is 13.2. The van der Waals surface area contributed by atoms with Crippen LogP contribution in [0.2, 0.25) is 0 Å². The number of rotatable bonds is 5. The highest BCUT2D eigenvalue weighted by atomic mass is 32.2. The van der Waals surface area contributed by atoms with E-state index in [0.717, 1.165) is 24.0 Å². The summed E-state index contributed by atoms with van der Waals surface area (Å²) in [5, 5.41) is 10.7. The Balaban J connectivity index is 2.37. The molecule has 2 heteroatoms. The highest BCUT2D eigenvalue weighted by Crippen LogP contribution is 2.28. The van der Waals surface area contributed by atoms with E-state index in [1.165, 1.54) is 16.0 Å². The first-order valence-electron chi connectivity index (χ1n) is 7.13. The van der Waals surface area contributed by atoms with Crippen LogP contribution in [-0.4, -0.2) is 11.4 Å². The molecule has 106 valence electrons. The molecule has 2 aromatic rings. The van der Waals surface area contributed by atoms with Gasteiger partial charge in [-0.2, -0.15) is 0 Å². The summed E-state index contributed by atoms with van der Waals surface area (Å²) in [4.78, 5) is 1.22. The Morgan fingerprint density at radius 2 is 1.70 bits per heavy atom. The highest BCUT2D eigenvalue weighted by molar-refractivity contribution is 7.98. The molecule has 0 spiro atoms. The average molecular weight is 286 g/mol. The van der Waals surface area contributed by atoms with Gasteiger partial charge in [0.1, 0.15) is 6.10 Å². The predicted octanol–water partition coefficient (Wildman–Crippen LogP) is 4.62. The summed E-state index contributed by atoms with van der Waals surface area (Å²) in [6.07, 6.45) is 3.46. The molecule has 1 unspecified atom stereocenters. The maximum Gasteiger partial charge on any atom is 0.104 e. The minimum atomic E-state index is -0.535. The van der Waals surface area contributed by atoms with E-state index in [9.17, 15) is 5.11 Å². The topological polar surface area (TPSA) is 20.2 Å². The lowest BCUT2D eigenvalue weighted by atomic mass is 9.93. The molecule has 1 atom stereocenters. The van der Waals surface area contributed by atoms with E-state index < -0.39 is 6.10 Å². The van der Waals surface area contributed by atoms with Crippen molar-refractivity contribution in [3.8, 4) is 0 Å². The lowest BCUT2D eigenvalue weighted by Gasteiger charge is -2.17. The van der Waals surface area contributed by atoms with E-state index in [1.807, 2.05) is 12.1 Å². The van der Waals surface area contributed by atoms with Crippen molar-refractivity contribution in [2.24, 2.45) is 0 Å². The third-order valence-electron chi connectivity index (χ3n) is 3.73. The van der Waals surface area contributed by atoms with Gasteiger partial charge >= 0.3 is 0 Å². The Labute approximate surface area is 126 Å². The van der Waals surface area contributed by atoms with Crippen LogP contribution in [0, 0.1) is 0 Å². The molecular formula is C18H22OS. The number of thioether (sulfide) groups is 1. The zero-order valence-electron chi connectivity index (χ0n) is 12.4. The second-order valence-electron chi connectivity index (χ2n) is 4.92. The molecule has 0 heterocycles. The van der Waals surface area contributed by atoms with Crippen LogP contribution in [0.1, 0.15) is 42.2 Å². The van der Waals surface area contributed by atoms with Crippen molar-refractivity contribution >= 4 is 11.8 Å². The molecule has 0 radical (unpaired) electrons. The quantitative estimate of drug-likeness (QED) is 0.810. The monoisotopic (exact) mass is 286 g/mol.